The second-order valence-electron chi connectivity index (χ2n) is 9.31. The summed E-state index contributed by atoms with van der Waals surface area (Å²) in [5.41, 5.74) is 6.68. The van der Waals surface area contributed by atoms with Crippen molar-refractivity contribution in [2.24, 2.45) is 0 Å². The predicted octanol–water partition coefficient (Wildman–Crippen LogP) is 9.91. The van der Waals surface area contributed by atoms with E-state index in [2.05, 4.69) is 26.8 Å². The summed E-state index contributed by atoms with van der Waals surface area (Å²) < 4.78 is 0. The number of unbranched alkanes of at least 4 members (excludes halogenated alkanes) is 2. The number of benzene rings is 1. The lowest BCUT2D eigenvalue weighted by atomic mass is 9.86. The highest BCUT2D eigenvalue weighted by molar-refractivity contribution is 5.82. The zero-order chi connectivity index (χ0) is 27.0. The second kappa shape index (κ2) is 17.8. The third kappa shape index (κ3) is 11.6. The first-order valence-corrected chi connectivity index (χ1v) is 13.4. The first-order valence-electron chi connectivity index (χ1n) is 13.4. The number of allylic oxidation sites excluding steroid dienone is 7. The zero-order valence-electron chi connectivity index (χ0n) is 23.8. The number of phenols is 1. The summed E-state index contributed by atoms with van der Waals surface area (Å²) in [6.45, 7) is 18.3. The van der Waals surface area contributed by atoms with Crippen LogP contribution in [0.1, 0.15) is 123 Å². The number of carboxylic acids is 1. The molecule has 0 aliphatic carbocycles. The Bertz CT molecular complexity index is 886. The van der Waals surface area contributed by atoms with Gasteiger partial charge in [-0.3, -0.25) is 4.79 Å². The van der Waals surface area contributed by atoms with Crippen molar-refractivity contribution in [3.8, 4) is 5.75 Å². The van der Waals surface area contributed by atoms with Gasteiger partial charge >= 0.3 is 5.97 Å². The molecule has 0 aliphatic heterocycles. The number of aromatic hydroxyl groups is 1. The molecule has 2 N–H and O–H groups in total. The van der Waals surface area contributed by atoms with Crippen LogP contribution < -0.4 is 0 Å². The summed E-state index contributed by atoms with van der Waals surface area (Å²) in [5.74, 6) is -0.0900. The van der Waals surface area contributed by atoms with Crippen molar-refractivity contribution in [1.82, 2.24) is 0 Å². The van der Waals surface area contributed by atoms with Crippen molar-refractivity contribution in [2.45, 2.75) is 113 Å². The van der Waals surface area contributed by atoms with Gasteiger partial charge in [-0.15, -0.1) is 0 Å². The van der Waals surface area contributed by atoms with Crippen molar-refractivity contribution >= 4 is 11.5 Å². The molecule has 1 atom stereocenters. The minimum absolute atomic E-state index is 0.0308. The van der Waals surface area contributed by atoms with Crippen LogP contribution in [0.5, 0.6) is 5.75 Å². The Morgan fingerprint density at radius 1 is 1.00 bits per heavy atom. The Kier molecular flexibility index (Phi) is 16.5. The minimum atomic E-state index is -0.851. The summed E-state index contributed by atoms with van der Waals surface area (Å²) in [4.78, 5) is 11.4. The number of hydrogen-bond acceptors (Lipinski definition) is 2. The number of aryl methyl sites for hydroxylation is 1. The van der Waals surface area contributed by atoms with Crippen molar-refractivity contribution in [3.63, 3.8) is 0 Å². The van der Waals surface area contributed by atoms with Crippen molar-refractivity contribution in [2.75, 3.05) is 0 Å². The maximum atomic E-state index is 11.4. The molecule has 0 heterocycles. The third-order valence-electron chi connectivity index (χ3n) is 5.92. The van der Waals surface area contributed by atoms with Gasteiger partial charge in [0.1, 0.15) is 5.75 Å². The van der Waals surface area contributed by atoms with Crippen LogP contribution in [0.25, 0.3) is 5.57 Å². The summed E-state index contributed by atoms with van der Waals surface area (Å²) in [5, 5.41) is 20.5. The molecule has 3 heteroatoms. The van der Waals surface area contributed by atoms with E-state index in [1.165, 1.54) is 24.8 Å². The topological polar surface area (TPSA) is 57.5 Å². The van der Waals surface area contributed by atoms with Gasteiger partial charge < -0.3 is 10.2 Å². The highest BCUT2D eigenvalue weighted by atomic mass is 16.4. The summed E-state index contributed by atoms with van der Waals surface area (Å²) in [7, 11) is 0. The van der Waals surface area contributed by atoms with Gasteiger partial charge in [0.25, 0.3) is 0 Å². The van der Waals surface area contributed by atoms with Gasteiger partial charge in [-0.25, -0.2) is 0 Å². The number of rotatable bonds is 13. The normalized spacial score (nSPS) is 13.1. The molecule has 1 unspecified atom stereocenters. The monoisotopic (exact) mass is 482 g/mol. The van der Waals surface area contributed by atoms with E-state index in [4.69, 9.17) is 0 Å². The summed E-state index contributed by atoms with van der Waals surface area (Å²) in [6.07, 6.45) is 14.9. The molecule has 35 heavy (non-hydrogen) atoms. The molecule has 0 bridgehead atoms. The molecule has 1 aromatic rings. The first kappa shape index (κ1) is 32.5. The van der Waals surface area contributed by atoms with Gasteiger partial charge in [-0.2, -0.15) is 0 Å². The van der Waals surface area contributed by atoms with E-state index in [-0.39, 0.29) is 6.42 Å². The number of aliphatic carboxylic acids is 1. The van der Waals surface area contributed by atoms with E-state index in [0.717, 1.165) is 52.7 Å². The molecule has 0 aromatic heterocycles. The van der Waals surface area contributed by atoms with E-state index in [9.17, 15) is 15.0 Å². The second-order valence-corrected chi connectivity index (χ2v) is 9.31. The van der Waals surface area contributed by atoms with E-state index in [1.807, 2.05) is 71.9 Å². The van der Waals surface area contributed by atoms with Gasteiger partial charge in [0.2, 0.25) is 0 Å². The Balaban J connectivity index is 0.00000562. The quantitative estimate of drug-likeness (QED) is 0.217. The lowest BCUT2D eigenvalue weighted by molar-refractivity contribution is -0.136. The maximum absolute atomic E-state index is 11.4. The maximum Gasteiger partial charge on any atom is 0.307 e. The smallest absolute Gasteiger partial charge is 0.307 e. The molecule has 0 fully saturated rings. The van der Waals surface area contributed by atoms with Crippen LogP contribution in [0.3, 0.4) is 0 Å². The molecule has 3 nitrogen and oxygen atoms in total. The van der Waals surface area contributed by atoms with Crippen LogP contribution in [0.4, 0.5) is 0 Å². The Morgan fingerprint density at radius 3 is 2.14 bits per heavy atom. The van der Waals surface area contributed by atoms with Gasteiger partial charge in [-0.05, 0) is 87.3 Å². The lowest BCUT2D eigenvalue weighted by Crippen LogP contribution is -2.02. The number of carbonyl (C=O) groups is 1. The Labute approximate surface area is 215 Å². The first-order chi connectivity index (χ1) is 16.6. The van der Waals surface area contributed by atoms with Crippen LogP contribution >= 0.6 is 0 Å². The molecule has 1 aromatic carbocycles. The van der Waals surface area contributed by atoms with Gasteiger partial charge in [-0.1, -0.05) is 89.3 Å². The molecule has 0 amide bonds. The standard InChI is InChI=1S/C30H44O3.C2H6/c1-8-11-12-15-24(13-9-2)27-18-23(7)30(28(31)19-27)25(14-10-3)17-22(6)26(16-21(4)5)20-29(32)33;1-2/h10,14,16-19,24,31H,8-9,11-13,15,20H2,1-7H3,(H,32,33);1-2H3/b14-10-,25-17+,26-22-;. The average Bonchev–Trinajstić information content (AvgIpc) is 2.78. The van der Waals surface area contributed by atoms with Crippen molar-refractivity contribution < 1.29 is 15.0 Å². The fourth-order valence-corrected chi connectivity index (χ4v) is 4.40. The third-order valence-corrected chi connectivity index (χ3v) is 5.92. The fraction of sp³-hybridized carbons (Fsp3) is 0.531. The molecule has 0 spiro atoms. The average molecular weight is 483 g/mol. The molecule has 0 aliphatic rings. The molecular formula is C32H50O3. The van der Waals surface area contributed by atoms with Crippen LogP contribution in [0.2, 0.25) is 0 Å². The van der Waals surface area contributed by atoms with E-state index in [0.29, 0.717) is 11.7 Å². The number of hydrogen-bond donors (Lipinski definition) is 2. The van der Waals surface area contributed by atoms with E-state index >= 15 is 0 Å². The highest BCUT2D eigenvalue weighted by Crippen LogP contribution is 2.37. The number of phenolic OH excluding ortho intramolecular Hbond substituents is 1. The Hall–Kier alpha value is -2.55. The lowest BCUT2D eigenvalue weighted by Gasteiger charge is -2.20. The van der Waals surface area contributed by atoms with E-state index < -0.39 is 5.97 Å². The van der Waals surface area contributed by atoms with Gasteiger partial charge in [0, 0.05) is 5.56 Å². The molecule has 0 saturated heterocycles. The van der Waals surface area contributed by atoms with Gasteiger partial charge in [0.15, 0.2) is 0 Å². The van der Waals surface area contributed by atoms with Crippen LogP contribution in [-0.4, -0.2) is 16.2 Å². The minimum Gasteiger partial charge on any atom is -0.507 e. The summed E-state index contributed by atoms with van der Waals surface area (Å²) in [6, 6.07) is 4.17. The number of carboxylic acid groups (broad SMARTS) is 1. The van der Waals surface area contributed by atoms with E-state index in [1.54, 1.807) is 0 Å². The molecular weight excluding hydrogens is 432 g/mol. The highest BCUT2D eigenvalue weighted by Gasteiger charge is 2.17. The van der Waals surface area contributed by atoms with Crippen molar-refractivity contribution in [1.29, 1.82) is 0 Å². The van der Waals surface area contributed by atoms with Crippen LogP contribution in [0, 0.1) is 6.92 Å². The molecule has 196 valence electrons. The zero-order valence-corrected chi connectivity index (χ0v) is 23.8. The fourth-order valence-electron chi connectivity index (χ4n) is 4.40. The van der Waals surface area contributed by atoms with Crippen molar-refractivity contribution in [3.05, 3.63) is 69.8 Å². The van der Waals surface area contributed by atoms with Crippen LogP contribution in [-0.2, 0) is 4.79 Å². The SMILES string of the molecule is CC.C\C=C/C(=C\C(C)=C(\C=C(C)C)CC(=O)O)c1c(C)cc(C(CCC)CCCCC)cc1O. The Morgan fingerprint density at radius 2 is 1.66 bits per heavy atom. The predicted molar refractivity (Wildman–Crippen MR) is 153 cm³/mol. The molecule has 0 saturated carbocycles. The molecule has 1 rings (SSSR count). The summed E-state index contributed by atoms with van der Waals surface area (Å²) >= 11 is 0. The van der Waals surface area contributed by atoms with Crippen LogP contribution in [0.15, 0.2) is 53.2 Å². The van der Waals surface area contributed by atoms with Gasteiger partial charge in [0.05, 0.1) is 6.42 Å². The largest absolute Gasteiger partial charge is 0.507 e. The molecule has 0 radical (unpaired) electrons.